The van der Waals surface area contributed by atoms with Crippen LogP contribution in [0.2, 0.25) is 19.6 Å². The summed E-state index contributed by atoms with van der Waals surface area (Å²) in [6.45, 7) is 9.26. The Bertz CT molecular complexity index is 2190. The molecule has 0 amide bonds. The number of fused-ring (bicyclic) bond motifs is 3. The van der Waals surface area contributed by atoms with Gasteiger partial charge in [-0.05, 0) is 40.7 Å². The molecule has 4 aromatic carbocycles. The Morgan fingerprint density at radius 1 is 0.739 bits per heavy atom. The van der Waals surface area contributed by atoms with Crippen LogP contribution in [-0.2, 0) is 25.5 Å². The predicted octanol–water partition coefficient (Wildman–Crippen LogP) is 10.2. The molecule has 46 heavy (non-hydrogen) atoms. The molecule has 233 valence electrons. The third kappa shape index (κ3) is 6.98. The second kappa shape index (κ2) is 13.7. The van der Waals surface area contributed by atoms with Crippen molar-refractivity contribution in [2.75, 3.05) is 0 Å². The van der Waals surface area contributed by atoms with Crippen molar-refractivity contribution in [3.8, 4) is 22.5 Å². The topological polar surface area (TPSA) is 38.9 Å². The quantitative estimate of drug-likeness (QED) is 0.129. The molecule has 0 bridgehead atoms. The van der Waals surface area contributed by atoms with Gasteiger partial charge in [0.25, 0.3) is 0 Å². The van der Waals surface area contributed by atoms with E-state index in [2.05, 4.69) is 122 Å². The standard InChI is InChI=1S/C26H20NO.C15H18NSi.Ir/c1-26(2,18-9-4-3-5-10-18)19-15-16-27-23(17-19)22-13-8-12-21-20-11-6-7-14-24(20)28-25(21)22;1-12-5-7-13(8-6-12)15-11-14(9-10-16-15)17(2,3)4;/h3-12,14-17H,1-2H3;5-7,9-11H,1-4H3;/q2*-1;/i;1D3;. The minimum atomic E-state index is -2.08. The van der Waals surface area contributed by atoms with Crippen LogP contribution in [0.15, 0.2) is 126 Å². The number of benzene rings is 4. The fourth-order valence-corrected chi connectivity index (χ4v) is 6.63. The van der Waals surface area contributed by atoms with Gasteiger partial charge in [-0.3, -0.25) is 0 Å². The van der Waals surface area contributed by atoms with Gasteiger partial charge in [-0.25, -0.2) is 0 Å². The van der Waals surface area contributed by atoms with Crippen molar-refractivity contribution in [2.45, 2.75) is 45.8 Å². The fraction of sp³-hybridized carbons (Fsp3) is 0.171. The van der Waals surface area contributed by atoms with E-state index < -0.39 is 14.9 Å². The maximum atomic E-state index is 7.37. The molecule has 3 heterocycles. The molecule has 7 rings (SSSR count). The second-order valence-electron chi connectivity index (χ2n) is 12.8. The summed E-state index contributed by atoms with van der Waals surface area (Å²) in [5.41, 5.74) is 7.86. The minimum Gasteiger partial charge on any atom is -0.501 e. The first kappa shape index (κ1) is 29.3. The molecule has 0 atom stereocenters. The summed E-state index contributed by atoms with van der Waals surface area (Å²) in [5, 5.41) is 3.54. The van der Waals surface area contributed by atoms with Gasteiger partial charge in [0.2, 0.25) is 0 Å². The maximum Gasteiger partial charge on any atom is 0.120 e. The van der Waals surface area contributed by atoms with Gasteiger partial charge < -0.3 is 14.4 Å². The van der Waals surface area contributed by atoms with Gasteiger partial charge in [0.1, 0.15) is 5.58 Å². The molecule has 0 saturated carbocycles. The van der Waals surface area contributed by atoms with Gasteiger partial charge in [0.15, 0.2) is 0 Å². The molecular formula is C41H38IrN2OSi-2. The van der Waals surface area contributed by atoms with Crippen molar-refractivity contribution in [2.24, 2.45) is 0 Å². The summed E-state index contributed by atoms with van der Waals surface area (Å²) in [5.74, 6) is 0. The molecule has 0 aliphatic rings. The van der Waals surface area contributed by atoms with Crippen LogP contribution < -0.4 is 5.19 Å². The molecule has 0 aliphatic heterocycles. The van der Waals surface area contributed by atoms with E-state index in [0.717, 1.165) is 44.5 Å². The minimum absolute atomic E-state index is 0. The van der Waals surface area contributed by atoms with Gasteiger partial charge >= 0.3 is 0 Å². The van der Waals surface area contributed by atoms with Gasteiger partial charge in [-0.1, -0.05) is 117 Å². The molecule has 0 aliphatic carbocycles. The molecule has 0 saturated heterocycles. The first-order chi connectivity index (χ1) is 22.8. The average Bonchev–Trinajstić information content (AvgIpc) is 3.47. The Morgan fingerprint density at radius 2 is 1.48 bits per heavy atom. The van der Waals surface area contributed by atoms with Gasteiger partial charge in [0.05, 0.1) is 13.7 Å². The summed E-state index contributed by atoms with van der Waals surface area (Å²) in [4.78, 5) is 9.01. The molecule has 0 fully saturated rings. The van der Waals surface area contributed by atoms with Crippen molar-refractivity contribution in [1.29, 1.82) is 0 Å². The van der Waals surface area contributed by atoms with Crippen molar-refractivity contribution < 1.29 is 28.6 Å². The van der Waals surface area contributed by atoms with Crippen molar-refractivity contribution in [1.82, 2.24) is 9.97 Å². The molecule has 1 radical (unpaired) electrons. The van der Waals surface area contributed by atoms with Gasteiger partial charge in [-0.2, -0.15) is 0 Å². The molecular weight excluding hydrogens is 757 g/mol. The molecule has 0 spiro atoms. The number of hydrogen-bond donors (Lipinski definition) is 0. The van der Waals surface area contributed by atoms with E-state index in [0.29, 0.717) is 5.56 Å². The maximum absolute atomic E-state index is 7.37. The number of rotatable bonds is 5. The van der Waals surface area contributed by atoms with E-state index in [1.54, 1.807) is 12.1 Å². The first-order valence-corrected chi connectivity index (χ1v) is 18.7. The van der Waals surface area contributed by atoms with E-state index in [1.165, 1.54) is 22.4 Å². The van der Waals surface area contributed by atoms with Crippen LogP contribution in [0.4, 0.5) is 0 Å². The number of pyridine rings is 2. The van der Waals surface area contributed by atoms with Crippen LogP contribution in [0.3, 0.4) is 0 Å². The van der Waals surface area contributed by atoms with Crippen molar-refractivity contribution in [3.63, 3.8) is 0 Å². The van der Waals surface area contributed by atoms with E-state index in [1.807, 2.05) is 36.7 Å². The number of aryl methyl sites for hydroxylation is 1. The third-order valence-corrected chi connectivity index (χ3v) is 10.3. The summed E-state index contributed by atoms with van der Waals surface area (Å²) in [7, 11) is -1.38. The van der Waals surface area contributed by atoms with E-state index >= 15 is 0 Å². The Labute approximate surface area is 291 Å². The molecule has 5 heteroatoms. The first-order valence-electron chi connectivity index (χ1n) is 16.7. The summed E-state index contributed by atoms with van der Waals surface area (Å²) < 4.78 is 28.3. The summed E-state index contributed by atoms with van der Waals surface area (Å²) in [6, 6.07) is 42.4. The summed E-state index contributed by atoms with van der Waals surface area (Å²) in [6.07, 6.45) is 3.69. The van der Waals surface area contributed by atoms with Crippen LogP contribution in [-0.4, -0.2) is 18.0 Å². The molecule has 0 unspecified atom stereocenters. The predicted molar refractivity (Wildman–Crippen MR) is 191 cm³/mol. The van der Waals surface area contributed by atoms with E-state index in [-0.39, 0.29) is 25.5 Å². The Hall–Kier alpha value is -4.15. The zero-order valence-corrected chi connectivity index (χ0v) is 30.1. The van der Waals surface area contributed by atoms with Crippen LogP contribution in [0.1, 0.15) is 34.7 Å². The molecule has 0 N–H and O–H groups in total. The normalized spacial score (nSPS) is 12.8. The summed E-state index contributed by atoms with van der Waals surface area (Å²) >= 11 is 0. The number of aromatic nitrogens is 2. The van der Waals surface area contributed by atoms with Gasteiger partial charge in [-0.15, -0.1) is 53.6 Å². The number of furan rings is 1. The van der Waals surface area contributed by atoms with Crippen LogP contribution in [0, 0.1) is 19.0 Å². The van der Waals surface area contributed by atoms with Crippen LogP contribution in [0.25, 0.3) is 44.5 Å². The van der Waals surface area contributed by atoms with Crippen LogP contribution in [0.5, 0.6) is 0 Å². The fourth-order valence-electron chi connectivity index (χ4n) is 5.49. The Balaban J connectivity index is 0.000000199. The largest absolute Gasteiger partial charge is 0.501 e. The van der Waals surface area contributed by atoms with E-state index in [4.69, 9.17) is 8.53 Å². The second-order valence-corrected chi connectivity index (χ2v) is 17.9. The SMILES string of the molecule is CC(C)(c1ccccc1)c1ccnc(-c2[c-]ccc3c2oc2ccccc23)c1.[2H]C([2H])([2H])c1c[c-]c(-c2cc([Si](C)(C)C)ccn2)cc1.[Ir]. The number of hydrogen-bond acceptors (Lipinski definition) is 3. The van der Waals surface area contributed by atoms with E-state index in [9.17, 15) is 0 Å². The zero-order chi connectivity index (χ0) is 34.1. The zero-order valence-electron chi connectivity index (χ0n) is 29.7. The molecule has 7 aromatic rings. The van der Waals surface area contributed by atoms with Crippen molar-refractivity contribution in [3.05, 3.63) is 150 Å². The Kier molecular flexibility index (Phi) is 8.70. The Morgan fingerprint density at radius 3 is 2.22 bits per heavy atom. The van der Waals surface area contributed by atoms with Crippen molar-refractivity contribution >= 4 is 35.2 Å². The average molecular weight is 798 g/mol. The monoisotopic (exact) mass is 798 g/mol. The number of nitrogens with zero attached hydrogens (tertiary/aromatic N) is 2. The van der Waals surface area contributed by atoms with Gasteiger partial charge in [0, 0.05) is 47.4 Å². The molecule has 3 nitrogen and oxygen atoms in total. The van der Waals surface area contributed by atoms with Crippen LogP contribution >= 0.6 is 0 Å². The number of para-hydroxylation sites is 1. The third-order valence-electron chi connectivity index (χ3n) is 8.29. The molecule has 3 aromatic heterocycles. The smallest absolute Gasteiger partial charge is 0.120 e.